The maximum atomic E-state index is 13.7. The Bertz CT molecular complexity index is 745. The van der Waals surface area contributed by atoms with Gasteiger partial charge in [-0.25, -0.2) is 13.8 Å². The molecule has 1 fully saturated rings. The molecule has 5 nitrogen and oxygen atoms in total. The molecule has 3 N–H and O–H groups in total. The fourth-order valence-electron chi connectivity index (χ4n) is 2.48. The molecule has 2 heterocycles. The van der Waals surface area contributed by atoms with Crippen LogP contribution < -0.4 is 11.1 Å². The first-order valence-electron chi connectivity index (χ1n) is 7.53. The van der Waals surface area contributed by atoms with E-state index in [0.717, 1.165) is 10.9 Å². The van der Waals surface area contributed by atoms with Gasteiger partial charge in [0.25, 0.3) is 0 Å². The number of rotatable bonds is 4. The number of benzene rings is 1. The van der Waals surface area contributed by atoms with Gasteiger partial charge in [0.05, 0.1) is 0 Å². The molecule has 0 atom stereocenters. The zero-order valence-corrected chi connectivity index (χ0v) is 13.7. The molecule has 24 heavy (non-hydrogen) atoms. The summed E-state index contributed by atoms with van der Waals surface area (Å²) in [6.45, 7) is 0.910. The van der Waals surface area contributed by atoms with Crippen LogP contribution in [0.3, 0.4) is 0 Å². The number of anilines is 1. The molecule has 2 aromatic rings. The van der Waals surface area contributed by atoms with E-state index in [9.17, 15) is 13.6 Å². The van der Waals surface area contributed by atoms with Gasteiger partial charge < -0.3 is 15.8 Å². The van der Waals surface area contributed by atoms with Gasteiger partial charge in [-0.2, -0.15) is 0 Å². The molecule has 0 unspecified atom stereocenters. The number of halogens is 2. The van der Waals surface area contributed by atoms with Crippen LogP contribution in [0.2, 0.25) is 0 Å². The molecule has 1 aliphatic heterocycles. The Kier molecular flexibility index (Phi) is 4.88. The van der Waals surface area contributed by atoms with Crippen molar-refractivity contribution in [2.45, 2.75) is 24.8 Å². The van der Waals surface area contributed by atoms with Gasteiger partial charge in [0.1, 0.15) is 17.2 Å². The average Bonchev–Trinajstić information content (AvgIpc) is 2.98. The van der Waals surface area contributed by atoms with Crippen molar-refractivity contribution < 1.29 is 18.3 Å². The van der Waals surface area contributed by atoms with Crippen LogP contribution in [0.15, 0.2) is 24.4 Å². The van der Waals surface area contributed by atoms with Crippen molar-refractivity contribution in [1.82, 2.24) is 4.98 Å². The highest BCUT2D eigenvalue weighted by Crippen LogP contribution is 2.25. The lowest BCUT2D eigenvalue weighted by atomic mass is 9.90. The summed E-state index contributed by atoms with van der Waals surface area (Å²) in [5.41, 5.74) is 5.54. The fraction of sp³-hybridized carbons (Fsp3) is 0.375. The standard InChI is InChI=1S/C16H17F2N3O2S/c17-11-2-1-10(13(18)8-11)7-12-9-20-15(24-12)21-14(22)16(19)3-5-23-6-4-16/h1-2,8-9H,3-7,19H2,(H,20,21,22). The Hall–Kier alpha value is -1.90. The monoisotopic (exact) mass is 353 g/mol. The molecule has 1 aromatic heterocycles. The smallest absolute Gasteiger partial charge is 0.246 e. The van der Waals surface area contributed by atoms with Crippen molar-refractivity contribution in [3.8, 4) is 0 Å². The summed E-state index contributed by atoms with van der Waals surface area (Å²) in [6, 6.07) is 3.47. The number of carbonyl (C=O) groups excluding carboxylic acids is 1. The van der Waals surface area contributed by atoms with Gasteiger partial charge in [-0.15, -0.1) is 11.3 Å². The number of nitrogens with two attached hydrogens (primary N) is 1. The van der Waals surface area contributed by atoms with Crippen LogP contribution in [-0.2, 0) is 16.0 Å². The highest BCUT2D eigenvalue weighted by atomic mass is 32.1. The van der Waals surface area contributed by atoms with Crippen molar-refractivity contribution in [2.75, 3.05) is 18.5 Å². The lowest BCUT2D eigenvalue weighted by molar-refractivity contribution is -0.124. The zero-order valence-electron chi connectivity index (χ0n) is 12.9. The van der Waals surface area contributed by atoms with Gasteiger partial charge in [-0.05, 0) is 24.5 Å². The van der Waals surface area contributed by atoms with E-state index in [1.54, 1.807) is 6.20 Å². The van der Waals surface area contributed by atoms with Crippen LogP contribution in [0.25, 0.3) is 0 Å². The lowest BCUT2D eigenvalue weighted by Gasteiger charge is -2.31. The Morgan fingerprint density at radius 3 is 2.83 bits per heavy atom. The first-order valence-corrected chi connectivity index (χ1v) is 8.35. The first kappa shape index (κ1) is 16.9. The van der Waals surface area contributed by atoms with Gasteiger partial charge in [0, 0.05) is 36.8 Å². The van der Waals surface area contributed by atoms with E-state index in [1.165, 1.54) is 23.5 Å². The third kappa shape index (κ3) is 3.77. The van der Waals surface area contributed by atoms with E-state index < -0.39 is 17.2 Å². The number of ether oxygens (including phenoxy) is 1. The number of nitrogens with zero attached hydrogens (tertiary/aromatic N) is 1. The van der Waals surface area contributed by atoms with Crippen molar-refractivity contribution in [2.24, 2.45) is 5.73 Å². The predicted molar refractivity (Wildman–Crippen MR) is 86.9 cm³/mol. The number of carbonyl (C=O) groups is 1. The van der Waals surface area contributed by atoms with E-state index in [1.807, 2.05) is 0 Å². The van der Waals surface area contributed by atoms with Gasteiger partial charge in [0.15, 0.2) is 5.13 Å². The number of amides is 1. The molecule has 128 valence electrons. The van der Waals surface area contributed by atoms with Crippen LogP contribution >= 0.6 is 11.3 Å². The molecule has 8 heteroatoms. The summed E-state index contributed by atoms with van der Waals surface area (Å²) in [5.74, 6) is -1.50. The molecular formula is C16H17F2N3O2S. The lowest BCUT2D eigenvalue weighted by Crippen LogP contribution is -2.54. The summed E-state index contributed by atoms with van der Waals surface area (Å²) in [7, 11) is 0. The van der Waals surface area contributed by atoms with E-state index in [-0.39, 0.29) is 12.3 Å². The van der Waals surface area contributed by atoms with Gasteiger partial charge in [-0.3, -0.25) is 4.79 Å². The number of aromatic nitrogens is 1. The predicted octanol–water partition coefficient (Wildman–Crippen LogP) is 2.46. The normalized spacial score (nSPS) is 16.8. The maximum absolute atomic E-state index is 13.7. The van der Waals surface area contributed by atoms with Crippen LogP contribution in [0.1, 0.15) is 23.3 Å². The first-order chi connectivity index (χ1) is 11.5. The fourth-order valence-corrected chi connectivity index (χ4v) is 3.31. The van der Waals surface area contributed by atoms with E-state index in [4.69, 9.17) is 10.5 Å². The number of hydrogen-bond acceptors (Lipinski definition) is 5. The molecule has 0 bridgehead atoms. The molecular weight excluding hydrogens is 336 g/mol. The maximum Gasteiger partial charge on any atom is 0.246 e. The molecule has 1 aromatic carbocycles. The third-order valence-electron chi connectivity index (χ3n) is 3.99. The van der Waals surface area contributed by atoms with Crippen LogP contribution in [0, 0.1) is 11.6 Å². The van der Waals surface area contributed by atoms with Crippen LogP contribution in [-0.4, -0.2) is 29.6 Å². The molecule has 0 radical (unpaired) electrons. The molecule has 0 spiro atoms. The Morgan fingerprint density at radius 2 is 2.12 bits per heavy atom. The SMILES string of the molecule is NC1(C(=O)Nc2ncc(Cc3ccc(F)cc3F)s2)CCOCC1. The second-order valence-electron chi connectivity index (χ2n) is 5.77. The molecule has 0 aliphatic carbocycles. The van der Waals surface area contributed by atoms with Crippen LogP contribution in [0.5, 0.6) is 0 Å². The largest absolute Gasteiger partial charge is 0.381 e. The minimum absolute atomic E-state index is 0.279. The molecule has 1 amide bonds. The summed E-state index contributed by atoms with van der Waals surface area (Å²) in [4.78, 5) is 17.2. The molecule has 0 saturated carbocycles. The molecule has 1 aliphatic rings. The second kappa shape index (κ2) is 6.92. The Labute approximate surface area is 141 Å². The third-order valence-corrected chi connectivity index (χ3v) is 4.90. The van der Waals surface area contributed by atoms with E-state index in [2.05, 4.69) is 10.3 Å². The average molecular weight is 353 g/mol. The van der Waals surface area contributed by atoms with E-state index >= 15 is 0 Å². The summed E-state index contributed by atoms with van der Waals surface area (Å²) < 4.78 is 31.8. The van der Waals surface area contributed by atoms with E-state index in [0.29, 0.717) is 36.8 Å². The summed E-state index contributed by atoms with van der Waals surface area (Å²) in [6.07, 6.45) is 2.76. The minimum atomic E-state index is -0.951. The zero-order chi connectivity index (χ0) is 17.2. The molecule has 3 rings (SSSR count). The topological polar surface area (TPSA) is 77.2 Å². The number of thiazole rings is 1. The summed E-state index contributed by atoms with van der Waals surface area (Å²) in [5, 5.41) is 3.13. The van der Waals surface area contributed by atoms with Gasteiger partial charge in [0.2, 0.25) is 5.91 Å². The van der Waals surface area contributed by atoms with Crippen molar-refractivity contribution in [1.29, 1.82) is 0 Å². The van der Waals surface area contributed by atoms with Crippen molar-refractivity contribution in [3.63, 3.8) is 0 Å². The molecule has 1 saturated heterocycles. The Morgan fingerprint density at radius 1 is 1.38 bits per heavy atom. The Balaban J connectivity index is 1.66. The number of nitrogens with one attached hydrogen (secondary N) is 1. The van der Waals surface area contributed by atoms with Crippen molar-refractivity contribution >= 4 is 22.4 Å². The minimum Gasteiger partial charge on any atom is -0.381 e. The quantitative estimate of drug-likeness (QED) is 0.885. The van der Waals surface area contributed by atoms with Gasteiger partial charge in [-0.1, -0.05) is 6.07 Å². The van der Waals surface area contributed by atoms with Crippen molar-refractivity contribution in [3.05, 3.63) is 46.5 Å². The van der Waals surface area contributed by atoms with Crippen LogP contribution in [0.4, 0.5) is 13.9 Å². The highest BCUT2D eigenvalue weighted by molar-refractivity contribution is 7.15. The number of hydrogen-bond donors (Lipinski definition) is 2. The van der Waals surface area contributed by atoms with Gasteiger partial charge >= 0.3 is 0 Å². The highest BCUT2D eigenvalue weighted by Gasteiger charge is 2.36. The summed E-state index contributed by atoms with van der Waals surface area (Å²) >= 11 is 1.24. The second-order valence-corrected chi connectivity index (χ2v) is 6.88.